The number of carboxylic acids is 1. The molecular weight excluding hydrogens is 276 g/mol. The maximum atomic E-state index is 12.0. The van der Waals surface area contributed by atoms with E-state index >= 15 is 0 Å². The Labute approximate surface area is 119 Å². The topological polar surface area (TPSA) is 79.3 Å². The third-order valence-electron chi connectivity index (χ3n) is 2.48. The molecule has 0 fully saturated rings. The van der Waals surface area contributed by atoms with Gasteiger partial charge >= 0.3 is 5.97 Å². The summed E-state index contributed by atoms with van der Waals surface area (Å²) < 4.78 is 0. The lowest BCUT2D eigenvalue weighted by molar-refractivity contribution is -0.131. The molecule has 0 bridgehead atoms. The Morgan fingerprint density at radius 2 is 2.25 bits per heavy atom. The number of hydrogen-bond acceptors (Lipinski definition) is 4. The number of rotatable bonds is 5. The minimum atomic E-state index is -1.04. The van der Waals surface area contributed by atoms with Crippen LogP contribution in [0.15, 0.2) is 42.0 Å². The molecule has 0 radical (unpaired) electrons. The van der Waals surface area contributed by atoms with Crippen molar-refractivity contribution in [3.05, 3.63) is 58.1 Å². The summed E-state index contributed by atoms with van der Waals surface area (Å²) in [5.74, 6) is -1.27. The van der Waals surface area contributed by atoms with E-state index in [-0.39, 0.29) is 5.91 Å². The summed E-state index contributed by atoms with van der Waals surface area (Å²) in [6.07, 6.45) is 5.77. The van der Waals surface area contributed by atoms with E-state index in [1.807, 2.05) is 6.07 Å². The van der Waals surface area contributed by atoms with Crippen LogP contribution in [0.5, 0.6) is 0 Å². The molecule has 0 aliphatic carbocycles. The second-order valence-electron chi connectivity index (χ2n) is 3.92. The Morgan fingerprint density at radius 1 is 1.40 bits per heavy atom. The van der Waals surface area contributed by atoms with Crippen molar-refractivity contribution in [3.8, 4) is 0 Å². The van der Waals surface area contributed by atoms with Gasteiger partial charge in [0, 0.05) is 25.0 Å². The maximum Gasteiger partial charge on any atom is 0.328 e. The van der Waals surface area contributed by atoms with Crippen molar-refractivity contribution in [1.29, 1.82) is 0 Å². The quantitative estimate of drug-likeness (QED) is 0.826. The molecule has 102 valence electrons. The van der Waals surface area contributed by atoms with Gasteiger partial charge in [0.15, 0.2) is 0 Å². The van der Waals surface area contributed by atoms with Crippen LogP contribution in [0.4, 0.5) is 0 Å². The molecule has 20 heavy (non-hydrogen) atoms. The van der Waals surface area contributed by atoms with Crippen molar-refractivity contribution in [2.24, 2.45) is 0 Å². The Kier molecular flexibility index (Phi) is 4.62. The SMILES string of the molecule is O=C(O)C=Cc1ccsc1C(=O)NCc1cccnc1. The zero-order chi connectivity index (χ0) is 14.4. The van der Waals surface area contributed by atoms with Crippen molar-refractivity contribution < 1.29 is 14.7 Å². The largest absolute Gasteiger partial charge is 0.478 e. The molecule has 0 aliphatic heterocycles. The van der Waals surface area contributed by atoms with E-state index in [1.54, 1.807) is 29.9 Å². The van der Waals surface area contributed by atoms with Crippen LogP contribution in [-0.4, -0.2) is 22.0 Å². The predicted molar refractivity (Wildman–Crippen MR) is 76.4 cm³/mol. The number of amides is 1. The van der Waals surface area contributed by atoms with Crippen molar-refractivity contribution in [2.45, 2.75) is 6.54 Å². The number of carbonyl (C=O) groups is 2. The van der Waals surface area contributed by atoms with Crippen LogP contribution >= 0.6 is 11.3 Å². The van der Waals surface area contributed by atoms with Crippen LogP contribution in [0.1, 0.15) is 20.8 Å². The number of carbonyl (C=O) groups excluding carboxylic acids is 1. The number of carboxylic acid groups (broad SMARTS) is 1. The molecule has 2 aromatic rings. The highest BCUT2D eigenvalue weighted by atomic mass is 32.1. The smallest absolute Gasteiger partial charge is 0.328 e. The molecule has 2 rings (SSSR count). The predicted octanol–water partition coefficient (Wildman–Crippen LogP) is 2.17. The number of pyridine rings is 1. The van der Waals surface area contributed by atoms with Crippen LogP contribution in [0.25, 0.3) is 6.08 Å². The zero-order valence-electron chi connectivity index (χ0n) is 10.4. The minimum absolute atomic E-state index is 0.228. The Morgan fingerprint density at radius 3 is 2.95 bits per heavy atom. The summed E-state index contributed by atoms with van der Waals surface area (Å²) in [5, 5.41) is 13.1. The van der Waals surface area contributed by atoms with Gasteiger partial charge in [-0.15, -0.1) is 11.3 Å². The van der Waals surface area contributed by atoms with Crippen molar-refractivity contribution in [1.82, 2.24) is 10.3 Å². The molecule has 0 spiro atoms. The van der Waals surface area contributed by atoms with Gasteiger partial charge in [-0.1, -0.05) is 6.07 Å². The normalized spacial score (nSPS) is 10.6. The molecule has 5 nitrogen and oxygen atoms in total. The van der Waals surface area contributed by atoms with Gasteiger partial charge in [0.1, 0.15) is 0 Å². The van der Waals surface area contributed by atoms with Gasteiger partial charge in [-0.25, -0.2) is 4.79 Å². The van der Waals surface area contributed by atoms with Crippen LogP contribution in [0.2, 0.25) is 0 Å². The molecule has 0 unspecified atom stereocenters. The fraction of sp³-hybridized carbons (Fsp3) is 0.0714. The second kappa shape index (κ2) is 6.63. The Balaban J connectivity index is 2.03. The highest BCUT2D eigenvalue weighted by Gasteiger charge is 2.11. The first-order valence-corrected chi connectivity index (χ1v) is 6.70. The summed E-state index contributed by atoms with van der Waals surface area (Å²) in [5.41, 5.74) is 1.50. The maximum absolute atomic E-state index is 12.0. The molecule has 0 aliphatic rings. The number of thiophene rings is 1. The van der Waals surface area contributed by atoms with Gasteiger partial charge in [-0.2, -0.15) is 0 Å². The summed E-state index contributed by atoms with van der Waals surface area (Å²) >= 11 is 1.27. The van der Waals surface area contributed by atoms with Crippen molar-refractivity contribution in [2.75, 3.05) is 0 Å². The second-order valence-corrected chi connectivity index (χ2v) is 4.84. The van der Waals surface area contributed by atoms with Crippen molar-refractivity contribution in [3.63, 3.8) is 0 Å². The van der Waals surface area contributed by atoms with E-state index in [2.05, 4.69) is 10.3 Å². The van der Waals surface area contributed by atoms with Gasteiger partial charge in [0.25, 0.3) is 5.91 Å². The first kappa shape index (κ1) is 14.0. The number of aromatic nitrogens is 1. The molecule has 1 amide bonds. The monoisotopic (exact) mass is 288 g/mol. The molecule has 0 aromatic carbocycles. The first-order chi connectivity index (χ1) is 9.66. The van der Waals surface area contributed by atoms with E-state index in [9.17, 15) is 9.59 Å². The summed E-state index contributed by atoms with van der Waals surface area (Å²) in [4.78, 5) is 27.0. The van der Waals surface area contributed by atoms with Crippen LogP contribution in [0, 0.1) is 0 Å². The molecule has 0 saturated carbocycles. The lowest BCUT2D eigenvalue weighted by atomic mass is 10.2. The lowest BCUT2D eigenvalue weighted by Crippen LogP contribution is -2.22. The first-order valence-electron chi connectivity index (χ1n) is 5.82. The number of nitrogens with one attached hydrogen (secondary N) is 1. The molecule has 0 saturated heterocycles. The number of aliphatic carboxylic acids is 1. The van der Waals surface area contributed by atoms with E-state index < -0.39 is 5.97 Å². The summed E-state index contributed by atoms with van der Waals surface area (Å²) in [7, 11) is 0. The van der Waals surface area contributed by atoms with Crippen molar-refractivity contribution >= 4 is 29.3 Å². The van der Waals surface area contributed by atoms with E-state index in [1.165, 1.54) is 17.4 Å². The Bertz CT molecular complexity index is 635. The molecule has 0 atom stereocenters. The van der Waals surface area contributed by atoms with Crippen LogP contribution < -0.4 is 5.32 Å². The molecule has 2 N–H and O–H groups in total. The fourth-order valence-corrected chi connectivity index (χ4v) is 2.36. The van der Waals surface area contributed by atoms with Gasteiger partial charge < -0.3 is 10.4 Å². The molecule has 2 aromatic heterocycles. The van der Waals surface area contributed by atoms with Crippen LogP contribution in [-0.2, 0) is 11.3 Å². The number of hydrogen-bond donors (Lipinski definition) is 2. The standard InChI is InChI=1S/C14H12N2O3S/c17-12(18)4-3-11-5-7-20-13(11)14(19)16-9-10-2-1-6-15-8-10/h1-8H,9H2,(H,16,19)(H,17,18). The minimum Gasteiger partial charge on any atom is -0.478 e. The third kappa shape index (κ3) is 3.76. The van der Waals surface area contributed by atoms with Gasteiger partial charge in [0.05, 0.1) is 4.88 Å². The lowest BCUT2D eigenvalue weighted by Gasteiger charge is -2.04. The van der Waals surface area contributed by atoms with Crippen LogP contribution in [0.3, 0.4) is 0 Å². The number of nitrogens with zero attached hydrogens (tertiary/aromatic N) is 1. The summed E-state index contributed by atoms with van der Waals surface area (Å²) in [6.45, 7) is 0.382. The fourth-order valence-electron chi connectivity index (χ4n) is 1.56. The van der Waals surface area contributed by atoms with E-state index in [0.29, 0.717) is 17.0 Å². The third-order valence-corrected chi connectivity index (χ3v) is 3.41. The molecule has 2 heterocycles. The van der Waals surface area contributed by atoms with Gasteiger partial charge in [-0.05, 0) is 34.7 Å². The Hall–Kier alpha value is -2.47. The zero-order valence-corrected chi connectivity index (χ0v) is 11.3. The van der Waals surface area contributed by atoms with E-state index in [0.717, 1.165) is 11.6 Å². The molecular formula is C14H12N2O3S. The average Bonchev–Trinajstić information content (AvgIpc) is 2.92. The molecule has 6 heteroatoms. The average molecular weight is 288 g/mol. The highest BCUT2D eigenvalue weighted by molar-refractivity contribution is 7.12. The highest BCUT2D eigenvalue weighted by Crippen LogP contribution is 2.18. The van der Waals surface area contributed by atoms with E-state index in [4.69, 9.17) is 5.11 Å². The summed E-state index contributed by atoms with van der Waals surface area (Å²) in [6, 6.07) is 5.38. The van der Waals surface area contributed by atoms with Gasteiger partial charge in [0.2, 0.25) is 0 Å². The van der Waals surface area contributed by atoms with Gasteiger partial charge in [-0.3, -0.25) is 9.78 Å².